The number of hydrogen-bond donors (Lipinski definition) is 1. The number of carboxylic acid groups (broad SMARTS) is 1. The van der Waals surface area contributed by atoms with Gasteiger partial charge >= 0.3 is 5.97 Å². The number of carbonyl (C=O) groups is 1. The molecule has 0 bridgehead atoms. The zero-order valence-electron chi connectivity index (χ0n) is 11.4. The van der Waals surface area contributed by atoms with E-state index >= 15 is 0 Å². The van der Waals surface area contributed by atoms with Gasteiger partial charge in [0.1, 0.15) is 0 Å². The minimum absolute atomic E-state index is 0.765. The summed E-state index contributed by atoms with van der Waals surface area (Å²) in [5, 5.41) is 9.91. The van der Waals surface area contributed by atoms with E-state index in [4.69, 9.17) is 5.11 Å². The standard InChI is InChI=1S/C17H13NO2S/c1-11(9-17(19)20)15-6-7-16(21-15)13-4-5-14-12(10-13)3-2-8-18-14/h2-10H,1H3,(H,19,20)/b11-9+. The Labute approximate surface area is 126 Å². The Morgan fingerprint density at radius 2 is 2.10 bits per heavy atom. The Morgan fingerprint density at radius 3 is 2.90 bits per heavy atom. The van der Waals surface area contributed by atoms with Crippen LogP contribution < -0.4 is 0 Å². The van der Waals surface area contributed by atoms with Crippen LogP contribution in [0.25, 0.3) is 26.9 Å². The number of benzene rings is 1. The van der Waals surface area contributed by atoms with Crippen molar-refractivity contribution < 1.29 is 9.90 Å². The van der Waals surface area contributed by atoms with Gasteiger partial charge in [-0.05, 0) is 48.4 Å². The molecule has 1 aromatic carbocycles. The molecule has 0 amide bonds. The molecule has 104 valence electrons. The zero-order valence-corrected chi connectivity index (χ0v) is 12.2. The van der Waals surface area contributed by atoms with E-state index in [-0.39, 0.29) is 0 Å². The van der Waals surface area contributed by atoms with Crippen molar-refractivity contribution in [1.82, 2.24) is 4.98 Å². The van der Waals surface area contributed by atoms with Crippen LogP contribution in [0.1, 0.15) is 11.8 Å². The average molecular weight is 295 g/mol. The fraction of sp³-hybridized carbons (Fsp3) is 0.0588. The van der Waals surface area contributed by atoms with Gasteiger partial charge in [0.25, 0.3) is 0 Å². The van der Waals surface area contributed by atoms with Gasteiger partial charge in [-0.25, -0.2) is 4.79 Å². The van der Waals surface area contributed by atoms with Crippen LogP contribution in [0.5, 0.6) is 0 Å². The van der Waals surface area contributed by atoms with Crippen molar-refractivity contribution in [1.29, 1.82) is 0 Å². The summed E-state index contributed by atoms with van der Waals surface area (Å²) in [4.78, 5) is 17.1. The van der Waals surface area contributed by atoms with Gasteiger partial charge in [0.2, 0.25) is 0 Å². The molecule has 0 aliphatic rings. The molecule has 2 aromatic heterocycles. The predicted octanol–water partition coefficient (Wildman–Crippen LogP) is 4.45. The molecule has 3 aromatic rings. The fourth-order valence-corrected chi connectivity index (χ4v) is 3.16. The van der Waals surface area contributed by atoms with Crippen molar-refractivity contribution in [2.45, 2.75) is 6.92 Å². The van der Waals surface area contributed by atoms with Crippen LogP contribution in [0.15, 0.2) is 54.7 Å². The highest BCUT2D eigenvalue weighted by atomic mass is 32.1. The molecule has 0 saturated carbocycles. The summed E-state index contributed by atoms with van der Waals surface area (Å²) in [6, 6.07) is 14.1. The molecule has 0 unspecified atom stereocenters. The van der Waals surface area contributed by atoms with Gasteiger partial charge in [-0.2, -0.15) is 0 Å². The largest absolute Gasteiger partial charge is 0.478 e. The van der Waals surface area contributed by atoms with E-state index in [0.717, 1.165) is 31.8 Å². The van der Waals surface area contributed by atoms with Crippen molar-refractivity contribution in [2.24, 2.45) is 0 Å². The number of hydrogen-bond acceptors (Lipinski definition) is 3. The molecule has 0 saturated heterocycles. The van der Waals surface area contributed by atoms with Crippen LogP contribution in [-0.4, -0.2) is 16.1 Å². The maximum Gasteiger partial charge on any atom is 0.328 e. The Hall–Kier alpha value is -2.46. The van der Waals surface area contributed by atoms with E-state index in [2.05, 4.69) is 11.1 Å². The number of fused-ring (bicyclic) bond motifs is 1. The lowest BCUT2D eigenvalue weighted by molar-refractivity contribution is -0.131. The van der Waals surface area contributed by atoms with Crippen LogP contribution in [0.4, 0.5) is 0 Å². The molecule has 4 heteroatoms. The number of nitrogens with zero attached hydrogens (tertiary/aromatic N) is 1. The van der Waals surface area contributed by atoms with Crippen LogP contribution in [0.2, 0.25) is 0 Å². The lowest BCUT2D eigenvalue weighted by Crippen LogP contribution is -1.88. The van der Waals surface area contributed by atoms with Crippen LogP contribution in [-0.2, 0) is 4.79 Å². The zero-order chi connectivity index (χ0) is 14.8. The first-order chi connectivity index (χ1) is 10.1. The van der Waals surface area contributed by atoms with Gasteiger partial charge in [-0.3, -0.25) is 4.98 Å². The van der Waals surface area contributed by atoms with Gasteiger partial charge in [0, 0.05) is 27.4 Å². The van der Waals surface area contributed by atoms with Gasteiger partial charge in [-0.1, -0.05) is 12.1 Å². The van der Waals surface area contributed by atoms with E-state index in [1.807, 2.05) is 43.3 Å². The molecule has 3 nitrogen and oxygen atoms in total. The molecule has 0 atom stereocenters. The Kier molecular flexibility index (Phi) is 3.54. The lowest BCUT2D eigenvalue weighted by Gasteiger charge is -2.00. The summed E-state index contributed by atoms with van der Waals surface area (Å²) in [6.45, 7) is 1.81. The highest BCUT2D eigenvalue weighted by molar-refractivity contribution is 7.16. The van der Waals surface area contributed by atoms with Crippen LogP contribution in [0.3, 0.4) is 0 Å². The van der Waals surface area contributed by atoms with E-state index in [1.54, 1.807) is 17.5 Å². The molecule has 0 fully saturated rings. The number of rotatable bonds is 3. The van der Waals surface area contributed by atoms with Gasteiger partial charge < -0.3 is 5.11 Å². The highest BCUT2D eigenvalue weighted by Gasteiger charge is 2.06. The summed E-state index contributed by atoms with van der Waals surface area (Å²) in [7, 11) is 0. The quantitative estimate of drug-likeness (QED) is 0.726. The maximum atomic E-state index is 10.7. The van der Waals surface area contributed by atoms with E-state index in [9.17, 15) is 4.79 Å². The molecule has 21 heavy (non-hydrogen) atoms. The van der Waals surface area contributed by atoms with E-state index in [0.29, 0.717) is 0 Å². The van der Waals surface area contributed by atoms with Crippen molar-refractivity contribution >= 4 is 33.8 Å². The topological polar surface area (TPSA) is 50.2 Å². The lowest BCUT2D eigenvalue weighted by atomic mass is 10.1. The first-order valence-electron chi connectivity index (χ1n) is 6.50. The first kappa shape index (κ1) is 13.5. The molecule has 0 spiro atoms. The number of aliphatic carboxylic acids is 1. The Bertz CT molecular complexity index is 849. The second-order valence-electron chi connectivity index (χ2n) is 4.74. The van der Waals surface area contributed by atoms with Crippen molar-refractivity contribution in [2.75, 3.05) is 0 Å². The number of carboxylic acids is 1. The summed E-state index contributed by atoms with van der Waals surface area (Å²) in [5.41, 5.74) is 2.86. The minimum atomic E-state index is -0.917. The summed E-state index contributed by atoms with van der Waals surface area (Å²) >= 11 is 1.59. The average Bonchev–Trinajstić information content (AvgIpc) is 2.96. The van der Waals surface area contributed by atoms with E-state index < -0.39 is 5.97 Å². The third-order valence-electron chi connectivity index (χ3n) is 3.22. The van der Waals surface area contributed by atoms with Crippen molar-refractivity contribution in [3.05, 3.63) is 59.6 Å². The number of aromatic nitrogens is 1. The molecule has 2 heterocycles. The Morgan fingerprint density at radius 1 is 1.24 bits per heavy atom. The summed E-state index contributed by atoms with van der Waals surface area (Å²) < 4.78 is 0. The molecule has 0 radical (unpaired) electrons. The third-order valence-corrected chi connectivity index (χ3v) is 4.49. The normalized spacial score (nSPS) is 11.8. The van der Waals surface area contributed by atoms with Gasteiger partial charge in [-0.15, -0.1) is 11.3 Å². The molecule has 1 N–H and O–H groups in total. The van der Waals surface area contributed by atoms with E-state index in [1.165, 1.54) is 6.08 Å². The minimum Gasteiger partial charge on any atom is -0.478 e. The second-order valence-corrected chi connectivity index (χ2v) is 5.82. The summed E-state index contributed by atoms with van der Waals surface area (Å²) in [6.07, 6.45) is 3.02. The molecule has 0 aliphatic heterocycles. The maximum absolute atomic E-state index is 10.7. The molecular weight excluding hydrogens is 282 g/mol. The number of allylic oxidation sites excluding steroid dienone is 1. The molecular formula is C17H13NO2S. The molecule has 0 aliphatic carbocycles. The SMILES string of the molecule is C/C(=C\C(=O)O)c1ccc(-c2ccc3ncccc3c2)s1. The third kappa shape index (κ3) is 2.85. The van der Waals surface area contributed by atoms with Gasteiger partial charge in [0.15, 0.2) is 0 Å². The van der Waals surface area contributed by atoms with Crippen LogP contribution >= 0.6 is 11.3 Å². The fourth-order valence-electron chi connectivity index (χ4n) is 2.19. The summed E-state index contributed by atoms with van der Waals surface area (Å²) in [5.74, 6) is -0.917. The van der Waals surface area contributed by atoms with Crippen LogP contribution in [0, 0.1) is 0 Å². The monoisotopic (exact) mass is 295 g/mol. The number of thiophene rings is 1. The number of pyridine rings is 1. The predicted molar refractivity (Wildman–Crippen MR) is 86.3 cm³/mol. The van der Waals surface area contributed by atoms with Gasteiger partial charge in [0.05, 0.1) is 5.52 Å². The second kappa shape index (κ2) is 5.50. The highest BCUT2D eigenvalue weighted by Crippen LogP contribution is 2.33. The first-order valence-corrected chi connectivity index (χ1v) is 7.32. The van der Waals surface area contributed by atoms with Crippen molar-refractivity contribution in [3.8, 4) is 10.4 Å². The smallest absolute Gasteiger partial charge is 0.328 e. The molecule has 3 rings (SSSR count). The van der Waals surface area contributed by atoms with Crippen molar-refractivity contribution in [3.63, 3.8) is 0 Å². The Balaban J connectivity index is 2.00.